The average Bonchev–Trinajstić information content (AvgIpc) is 3.18. The van der Waals surface area contributed by atoms with Crippen LogP contribution in [0.4, 0.5) is 5.69 Å². The summed E-state index contributed by atoms with van der Waals surface area (Å²) in [5, 5.41) is 16.6. The number of piperazine rings is 1. The minimum atomic E-state index is -0.575. The lowest BCUT2D eigenvalue weighted by Gasteiger charge is -2.31. The van der Waals surface area contributed by atoms with Gasteiger partial charge in [0.05, 0.1) is 29.3 Å². The molecule has 2 aromatic rings. The van der Waals surface area contributed by atoms with E-state index in [9.17, 15) is 14.9 Å². The summed E-state index contributed by atoms with van der Waals surface area (Å²) in [6.07, 6.45) is 0. The van der Waals surface area contributed by atoms with Crippen molar-refractivity contribution in [1.29, 1.82) is 0 Å². The maximum Gasteiger partial charge on any atom is 0.286 e. The molecule has 1 aliphatic rings. The molecule has 1 atom stereocenters. The molecule has 12 heteroatoms. The molecule has 1 N–H and O–H groups in total. The van der Waals surface area contributed by atoms with Crippen molar-refractivity contribution in [2.45, 2.75) is 19.6 Å². The van der Waals surface area contributed by atoms with E-state index in [1.54, 1.807) is 10.4 Å². The Bertz CT molecular complexity index is 837. The van der Waals surface area contributed by atoms with Gasteiger partial charge in [-0.2, -0.15) is 0 Å². The molecule has 1 saturated heterocycles. The Morgan fingerprint density at radius 1 is 1.41 bits per heavy atom. The molecule has 0 saturated carbocycles. The monoisotopic (exact) mass is 464 g/mol. The molecule has 160 valence electrons. The molecular formula is C17H22Cl2N4O5S. The second-order valence-electron chi connectivity index (χ2n) is 6.15. The summed E-state index contributed by atoms with van der Waals surface area (Å²) in [5.41, 5.74) is 2.07. The SMILES string of the molecule is COc1cc(C(=O)N2CCNC(C)C2)c([N+](=O)[O-])cc1OCc1cscn1.Cl.Cl. The second-order valence-corrected chi connectivity index (χ2v) is 6.87. The van der Waals surface area contributed by atoms with Crippen LogP contribution in [-0.4, -0.2) is 53.5 Å². The first-order valence-corrected chi connectivity index (χ1v) is 9.32. The summed E-state index contributed by atoms with van der Waals surface area (Å²) in [7, 11) is 1.43. The number of amides is 1. The number of hydrogen-bond donors (Lipinski definition) is 1. The lowest BCUT2D eigenvalue weighted by molar-refractivity contribution is -0.385. The van der Waals surface area contributed by atoms with E-state index in [1.807, 2.05) is 12.3 Å². The summed E-state index contributed by atoms with van der Waals surface area (Å²) < 4.78 is 10.9. The number of nitrogens with zero attached hydrogens (tertiary/aromatic N) is 3. The van der Waals surface area contributed by atoms with E-state index in [0.717, 1.165) is 0 Å². The van der Waals surface area contributed by atoms with Crippen molar-refractivity contribution in [2.75, 3.05) is 26.7 Å². The minimum Gasteiger partial charge on any atom is -0.493 e. The number of ether oxygens (including phenoxy) is 2. The molecule has 29 heavy (non-hydrogen) atoms. The molecule has 3 rings (SSSR count). The van der Waals surface area contributed by atoms with Gasteiger partial charge in [0.2, 0.25) is 0 Å². The minimum absolute atomic E-state index is 0. The normalized spacial score (nSPS) is 15.7. The van der Waals surface area contributed by atoms with Crippen LogP contribution in [0.1, 0.15) is 23.0 Å². The molecule has 1 aromatic carbocycles. The maximum absolute atomic E-state index is 12.9. The zero-order valence-corrected chi connectivity index (χ0v) is 18.3. The first-order valence-electron chi connectivity index (χ1n) is 8.38. The molecule has 1 amide bonds. The fourth-order valence-electron chi connectivity index (χ4n) is 2.89. The van der Waals surface area contributed by atoms with Crippen LogP contribution in [0.15, 0.2) is 23.0 Å². The number of methoxy groups -OCH3 is 1. The maximum atomic E-state index is 12.9. The van der Waals surface area contributed by atoms with E-state index in [2.05, 4.69) is 10.3 Å². The predicted octanol–water partition coefficient (Wildman–Crippen LogP) is 2.92. The van der Waals surface area contributed by atoms with Gasteiger partial charge in [0.25, 0.3) is 11.6 Å². The van der Waals surface area contributed by atoms with Crippen molar-refractivity contribution in [2.24, 2.45) is 0 Å². The molecule has 1 aromatic heterocycles. The Balaban J connectivity index is 0.00000210. The topological polar surface area (TPSA) is 107 Å². The molecule has 1 fully saturated rings. The van der Waals surface area contributed by atoms with Crippen LogP contribution < -0.4 is 14.8 Å². The van der Waals surface area contributed by atoms with Gasteiger partial charge in [-0.25, -0.2) is 4.98 Å². The second kappa shape index (κ2) is 11.1. The number of thiazole rings is 1. The van der Waals surface area contributed by atoms with Gasteiger partial charge in [-0.3, -0.25) is 14.9 Å². The van der Waals surface area contributed by atoms with E-state index >= 15 is 0 Å². The number of carbonyl (C=O) groups excluding carboxylic acids is 1. The van der Waals surface area contributed by atoms with Crippen LogP contribution in [0.2, 0.25) is 0 Å². The number of nitro benzene ring substituents is 1. The van der Waals surface area contributed by atoms with Gasteiger partial charge in [0.1, 0.15) is 12.2 Å². The van der Waals surface area contributed by atoms with Crippen LogP contribution >= 0.6 is 36.2 Å². The number of halogens is 2. The molecule has 0 radical (unpaired) electrons. The van der Waals surface area contributed by atoms with Gasteiger partial charge >= 0.3 is 0 Å². The van der Waals surface area contributed by atoms with E-state index < -0.39 is 4.92 Å². The van der Waals surface area contributed by atoms with Crippen molar-refractivity contribution in [3.63, 3.8) is 0 Å². The van der Waals surface area contributed by atoms with E-state index in [1.165, 1.54) is 30.6 Å². The van der Waals surface area contributed by atoms with Crippen molar-refractivity contribution >= 4 is 47.7 Å². The van der Waals surface area contributed by atoms with E-state index in [0.29, 0.717) is 25.3 Å². The number of hydrogen-bond acceptors (Lipinski definition) is 8. The Labute approximate surface area is 184 Å². The quantitative estimate of drug-likeness (QED) is 0.517. The summed E-state index contributed by atoms with van der Waals surface area (Å²) >= 11 is 1.43. The molecule has 1 aliphatic heterocycles. The zero-order chi connectivity index (χ0) is 19.4. The number of carbonyl (C=O) groups is 1. The van der Waals surface area contributed by atoms with Gasteiger partial charge in [-0.1, -0.05) is 0 Å². The molecule has 9 nitrogen and oxygen atoms in total. The van der Waals surface area contributed by atoms with Crippen LogP contribution in [0.3, 0.4) is 0 Å². The van der Waals surface area contributed by atoms with Crippen molar-refractivity contribution in [3.05, 3.63) is 44.4 Å². The van der Waals surface area contributed by atoms with Crippen molar-refractivity contribution in [1.82, 2.24) is 15.2 Å². The van der Waals surface area contributed by atoms with Gasteiger partial charge < -0.3 is 19.7 Å². The summed E-state index contributed by atoms with van der Waals surface area (Å²) in [6.45, 7) is 3.74. The van der Waals surface area contributed by atoms with Gasteiger partial charge in [-0.15, -0.1) is 36.2 Å². The van der Waals surface area contributed by atoms with Crippen LogP contribution in [0, 0.1) is 10.1 Å². The molecule has 0 aliphatic carbocycles. The zero-order valence-electron chi connectivity index (χ0n) is 15.8. The van der Waals surface area contributed by atoms with Crippen LogP contribution in [0.25, 0.3) is 0 Å². The highest BCUT2D eigenvalue weighted by atomic mass is 35.5. The lowest BCUT2D eigenvalue weighted by Crippen LogP contribution is -2.51. The number of rotatable bonds is 6. The third-order valence-corrected chi connectivity index (χ3v) is 4.86. The summed E-state index contributed by atoms with van der Waals surface area (Å²) in [6, 6.07) is 2.75. The third-order valence-electron chi connectivity index (χ3n) is 4.22. The van der Waals surface area contributed by atoms with Gasteiger partial charge in [-0.05, 0) is 6.92 Å². The highest BCUT2D eigenvalue weighted by molar-refractivity contribution is 7.07. The number of nitrogens with one attached hydrogen (secondary N) is 1. The van der Waals surface area contributed by atoms with Crippen LogP contribution in [0.5, 0.6) is 11.5 Å². The third kappa shape index (κ3) is 5.92. The largest absolute Gasteiger partial charge is 0.493 e. The van der Waals surface area contributed by atoms with E-state index in [4.69, 9.17) is 9.47 Å². The number of aromatic nitrogens is 1. The highest BCUT2D eigenvalue weighted by Crippen LogP contribution is 2.36. The molecule has 1 unspecified atom stereocenters. The smallest absolute Gasteiger partial charge is 0.286 e. The van der Waals surface area contributed by atoms with Gasteiger partial charge in [0.15, 0.2) is 11.5 Å². The predicted molar refractivity (Wildman–Crippen MR) is 114 cm³/mol. The van der Waals surface area contributed by atoms with Crippen molar-refractivity contribution < 1.29 is 19.2 Å². The Morgan fingerprint density at radius 2 is 2.17 bits per heavy atom. The molecule has 0 bridgehead atoms. The standard InChI is InChI=1S/C17H20N4O5S.2ClH/c1-11-7-20(4-3-18-11)17(22)13-5-15(25-2)16(6-14(13)21(23)24)26-8-12-9-27-10-19-12;;/h5-6,9-11,18H,3-4,7-8H2,1-2H3;2*1H. The number of benzene rings is 1. The van der Waals surface area contributed by atoms with E-state index in [-0.39, 0.29) is 66.1 Å². The van der Waals surface area contributed by atoms with Gasteiger partial charge in [0, 0.05) is 37.1 Å². The fraction of sp³-hybridized carbons (Fsp3) is 0.412. The Morgan fingerprint density at radius 3 is 2.76 bits per heavy atom. The van der Waals surface area contributed by atoms with Crippen molar-refractivity contribution in [3.8, 4) is 11.5 Å². The molecule has 0 spiro atoms. The Kier molecular flexibility index (Phi) is 9.57. The molecular weight excluding hydrogens is 443 g/mol. The first-order chi connectivity index (χ1) is 13.0. The summed E-state index contributed by atoms with van der Waals surface area (Å²) in [5.74, 6) is 0.0733. The molecule has 2 heterocycles. The fourth-order valence-corrected chi connectivity index (χ4v) is 3.43. The summed E-state index contributed by atoms with van der Waals surface area (Å²) in [4.78, 5) is 29.6. The van der Waals surface area contributed by atoms with Crippen LogP contribution in [-0.2, 0) is 6.61 Å². The highest BCUT2D eigenvalue weighted by Gasteiger charge is 2.30. The Hall–Kier alpha value is -2.14. The number of nitro groups is 1. The lowest BCUT2D eigenvalue weighted by atomic mass is 10.1. The first kappa shape index (κ1) is 24.9. The average molecular weight is 465 g/mol.